The van der Waals surface area contributed by atoms with Crippen molar-refractivity contribution in [3.63, 3.8) is 0 Å². The Bertz CT molecular complexity index is 1750. The van der Waals surface area contributed by atoms with Crippen molar-refractivity contribution in [1.82, 2.24) is 0 Å². The summed E-state index contributed by atoms with van der Waals surface area (Å²) in [5.74, 6) is 0.592. The van der Waals surface area contributed by atoms with Gasteiger partial charge < -0.3 is 24.8 Å². The molecule has 3 heteroatoms. The molecule has 0 saturated heterocycles. The molecule has 0 N–H and O–H groups in total. The molecule has 5 aromatic carbocycles. The van der Waals surface area contributed by atoms with E-state index in [1.54, 1.807) is 0 Å². The number of unbranched alkanes of at least 4 members (excludes halogenated alkanes) is 1. The fourth-order valence-electron chi connectivity index (χ4n) is 5.72. The van der Waals surface area contributed by atoms with Crippen LogP contribution in [0.4, 0.5) is 0 Å². The van der Waals surface area contributed by atoms with Gasteiger partial charge in [0.25, 0.3) is 0 Å². The summed E-state index contributed by atoms with van der Waals surface area (Å²) in [6.07, 6.45) is 11.9. The van der Waals surface area contributed by atoms with Crippen LogP contribution in [-0.2, 0) is 24.2 Å². The van der Waals surface area contributed by atoms with Gasteiger partial charge in [-0.3, -0.25) is 6.08 Å². The van der Waals surface area contributed by atoms with Crippen LogP contribution in [0.5, 0.6) is 0 Å². The normalized spacial score (nSPS) is 13.5. The van der Waals surface area contributed by atoms with E-state index in [0.717, 1.165) is 0 Å². The molecule has 1 unspecified atom stereocenters. The average Bonchev–Trinajstić information content (AvgIpc) is 3.63. The quantitative estimate of drug-likeness (QED) is 0.180. The molecule has 0 aliphatic heterocycles. The molecule has 5 aromatic rings. The number of halogens is 2. The van der Waals surface area contributed by atoms with Crippen LogP contribution >= 0.6 is 0 Å². The molecule has 0 heterocycles. The van der Waals surface area contributed by atoms with Crippen LogP contribution in [0.1, 0.15) is 91.5 Å². The summed E-state index contributed by atoms with van der Waals surface area (Å²) in [6, 6.07) is 29.1. The first-order valence-electron chi connectivity index (χ1n) is 16.9. The third-order valence-corrected chi connectivity index (χ3v) is 10.6. The van der Waals surface area contributed by atoms with E-state index in [9.17, 15) is 0 Å². The Hall–Kier alpha value is -2.44. The maximum absolute atomic E-state index is 3.43. The predicted octanol–water partition coefficient (Wildman–Crippen LogP) is 6.51. The first kappa shape index (κ1) is 41.7. The van der Waals surface area contributed by atoms with Gasteiger partial charge in [0, 0.05) is 0 Å². The molecule has 48 heavy (non-hydrogen) atoms. The third-order valence-electron chi connectivity index (χ3n) is 9.18. The van der Waals surface area contributed by atoms with Crippen LogP contribution in [0.25, 0.3) is 21.5 Å². The first-order valence-corrected chi connectivity index (χ1v) is 18.1. The number of fused-ring (bicyclic) bond motifs is 3. The number of allylic oxidation sites excluding steroid dienone is 4. The van der Waals surface area contributed by atoms with Crippen molar-refractivity contribution in [2.45, 2.75) is 88.5 Å². The van der Waals surface area contributed by atoms with Crippen molar-refractivity contribution in [3.05, 3.63) is 147 Å². The third kappa shape index (κ3) is 11.0. The number of hydrogen-bond donors (Lipinski definition) is 0. The van der Waals surface area contributed by atoms with E-state index in [2.05, 4.69) is 166 Å². The van der Waals surface area contributed by atoms with E-state index in [-0.39, 0.29) is 24.8 Å². The molecule has 0 aromatic heterocycles. The van der Waals surface area contributed by atoms with Crippen LogP contribution < -0.4 is 24.8 Å². The van der Waals surface area contributed by atoms with E-state index >= 15 is 0 Å². The van der Waals surface area contributed by atoms with Crippen molar-refractivity contribution in [3.8, 4) is 0 Å². The smallest absolute Gasteiger partial charge is 1.00 e. The van der Waals surface area contributed by atoms with Crippen LogP contribution in [-0.4, -0.2) is 3.21 Å². The Morgan fingerprint density at radius 3 is 1.48 bits per heavy atom. The Morgan fingerprint density at radius 2 is 1.10 bits per heavy atom. The van der Waals surface area contributed by atoms with Gasteiger partial charge in [0.1, 0.15) is 0 Å². The number of benzene rings is 4. The molecule has 0 spiro atoms. The largest absolute Gasteiger partial charge is 1.00 e. The van der Waals surface area contributed by atoms with Gasteiger partial charge in [-0.1, -0.05) is 92.7 Å². The fourth-order valence-corrected chi connectivity index (χ4v) is 6.54. The average molecular weight is 755 g/mol. The second-order valence-electron chi connectivity index (χ2n) is 14.2. The van der Waals surface area contributed by atoms with Crippen LogP contribution in [0.2, 0.25) is 0 Å². The first-order chi connectivity index (χ1) is 21.8. The number of rotatable bonds is 5. The van der Waals surface area contributed by atoms with Gasteiger partial charge in [-0.25, -0.2) is 6.08 Å². The maximum Gasteiger partial charge on any atom is -1.00 e. The van der Waals surface area contributed by atoms with E-state index in [1.165, 1.54) is 118 Å². The zero-order chi connectivity index (χ0) is 33.6. The van der Waals surface area contributed by atoms with Crippen LogP contribution in [0, 0.1) is 59.0 Å². The summed E-state index contributed by atoms with van der Waals surface area (Å²) in [4.78, 5) is 0. The molecule has 252 valence electrons. The van der Waals surface area contributed by atoms with Gasteiger partial charge in [-0.05, 0) is 27.7 Å². The minimum Gasteiger partial charge on any atom is -1.00 e. The number of hydrogen-bond acceptors (Lipinski definition) is 0. The molecule has 1 aliphatic rings. The second-order valence-corrected chi connectivity index (χ2v) is 15.5. The predicted molar refractivity (Wildman–Crippen MR) is 200 cm³/mol. The van der Waals surface area contributed by atoms with E-state index in [4.69, 9.17) is 0 Å². The van der Waals surface area contributed by atoms with E-state index < -0.39 is 0 Å². The van der Waals surface area contributed by atoms with Crippen molar-refractivity contribution < 1.29 is 49.0 Å². The second kappa shape index (κ2) is 18.5. The van der Waals surface area contributed by atoms with Gasteiger partial charge in [-0.2, -0.15) is 11.6 Å². The topological polar surface area (TPSA) is 0 Å². The summed E-state index contributed by atoms with van der Waals surface area (Å²) in [6.45, 7) is 22.0. The van der Waals surface area contributed by atoms with Gasteiger partial charge in [-0.15, -0.1) is 39.7 Å². The van der Waals surface area contributed by atoms with Crippen molar-refractivity contribution in [2.75, 3.05) is 0 Å². The summed E-state index contributed by atoms with van der Waals surface area (Å²) in [7, 11) is 0. The SMILES string of the molecule is CCCCC1[C-]=CC(C(C)(C)C)=C1.Cc1cc2[cH-]c3cc(C)c(C)cc3c2cc1C.Cc1ccc([C](=[Zr+2])c2ccc(C)cc2)cc1.[Cl-].[Cl-]. The Balaban J connectivity index is 0.000000248. The zero-order valence-electron chi connectivity index (χ0n) is 30.6. The van der Waals surface area contributed by atoms with E-state index in [1.807, 2.05) is 0 Å². The monoisotopic (exact) mass is 752 g/mol. The summed E-state index contributed by atoms with van der Waals surface area (Å²) in [5.41, 5.74) is 12.6. The van der Waals surface area contributed by atoms with Crippen LogP contribution in [0.15, 0.2) is 96.6 Å². The molecule has 6 rings (SSSR count). The minimum atomic E-state index is 0. The molecular weight excluding hydrogens is 703 g/mol. The van der Waals surface area contributed by atoms with Crippen molar-refractivity contribution in [1.29, 1.82) is 0 Å². The molecule has 1 aliphatic carbocycles. The maximum atomic E-state index is 3.43. The van der Waals surface area contributed by atoms with Gasteiger partial charge in [0.05, 0.1) is 0 Å². The molecule has 0 nitrogen and oxygen atoms in total. The van der Waals surface area contributed by atoms with Gasteiger partial charge >= 0.3 is 112 Å². The summed E-state index contributed by atoms with van der Waals surface area (Å²) < 4.78 is 1.42. The van der Waals surface area contributed by atoms with E-state index in [0.29, 0.717) is 11.3 Å². The molecule has 0 radical (unpaired) electrons. The molecule has 0 saturated carbocycles. The molecule has 0 amide bonds. The van der Waals surface area contributed by atoms with Gasteiger partial charge in [0.2, 0.25) is 0 Å². The molecular formula is C45H52Cl2Zr-2. The van der Waals surface area contributed by atoms with Crippen LogP contribution in [0.3, 0.4) is 0 Å². The minimum absolute atomic E-state index is 0. The van der Waals surface area contributed by atoms with Crippen molar-refractivity contribution >= 4 is 24.8 Å². The molecule has 1 atom stereocenters. The Labute approximate surface area is 318 Å². The molecule has 0 fully saturated rings. The Kier molecular flexibility index (Phi) is 16.1. The van der Waals surface area contributed by atoms with Gasteiger partial charge in [0.15, 0.2) is 0 Å². The molecule has 0 bridgehead atoms. The van der Waals surface area contributed by atoms with Crippen molar-refractivity contribution in [2.24, 2.45) is 11.3 Å². The Morgan fingerprint density at radius 1 is 0.688 bits per heavy atom. The number of aryl methyl sites for hydroxylation is 6. The zero-order valence-corrected chi connectivity index (χ0v) is 34.6. The standard InChI is InChI=1S/C17H17.C15H14.C13H21.2ClH.Zr/c1-10-5-14-9-15-6-11(2)13(4)8-17(15)16(14)7-12(10)3;1-12-3-7-14(8-4-12)11-15-9-5-13(2)6-10-15;1-5-6-7-11-8-9-12(10-11)13(2,3)4;;;/h5-9H,1-4H3;3-10H,1-2H3;9-11H,5-7H2,1-4H3;2*1H;/q-1;;-1;;;+2/p-2. The fraction of sp³-hybridized carbons (Fsp3) is 0.333. The summed E-state index contributed by atoms with van der Waals surface area (Å²) >= 11 is 1.46. The summed E-state index contributed by atoms with van der Waals surface area (Å²) in [5, 5.41) is 5.53.